The van der Waals surface area contributed by atoms with Gasteiger partial charge in [-0.15, -0.1) is 0 Å². The van der Waals surface area contributed by atoms with Crippen LogP contribution < -0.4 is 0 Å². The van der Waals surface area contributed by atoms with Crippen LogP contribution in [0.2, 0.25) is 0 Å². The van der Waals surface area contributed by atoms with Crippen molar-refractivity contribution >= 4 is 5.65 Å². The number of alkyl halides is 3. The van der Waals surface area contributed by atoms with Crippen molar-refractivity contribution in [2.45, 2.75) is 6.18 Å². The van der Waals surface area contributed by atoms with Gasteiger partial charge in [-0.05, 0) is 17.7 Å². The summed E-state index contributed by atoms with van der Waals surface area (Å²) in [6.45, 7) is 0. The molecule has 3 nitrogen and oxygen atoms in total. The van der Waals surface area contributed by atoms with E-state index >= 15 is 0 Å². The van der Waals surface area contributed by atoms with Crippen LogP contribution in [0.1, 0.15) is 5.56 Å². The Labute approximate surface area is 106 Å². The summed E-state index contributed by atoms with van der Waals surface area (Å²) < 4.78 is 40.4. The lowest BCUT2D eigenvalue weighted by Crippen LogP contribution is -2.06. The van der Waals surface area contributed by atoms with Crippen LogP contribution in [-0.4, -0.2) is 14.6 Å². The predicted molar refractivity (Wildman–Crippen MR) is 63.4 cm³/mol. The molecule has 0 unspecified atom stereocenters. The minimum absolute atomic E-state index is 0.0868. The molecule has 2 aromatic heterocycles. The SMILES string of the molecule is FC(F)(F)c1ccccc1-c1cnn2cccnc12. The molecule has 0 N–H and O–H groups in total. The summed E-state index contributed by atoms with van der Waals surface area (Å²) >= 11 is 0. The molecule has 0 radical (unpaired) electrons. The molecule has 3 rings (SSSR count). The third kappa shape index (κ3) is 1.95. The maximum Gasteiger partial charge on any atom is 0.417 e. The van der Waals surface area contributed by atoms with Crippen molar-refractivity contribution in [2.24, 2.45) is 0 Å². The highest BCUT2D eigenvalue weighted by Crippen LogP contribution is 2.37. The molecule has 0 fully saturated rings. The summed E-state index contributed by atoms with van der Waals surface area (Å²) in [4.78, 5) is 4.07. The smallest absolute Gasteiger partial charge is 0.236 e. The predicted octanol–water partition coefficient (Wildman–Crippen LogP) is 3.42. The van der Waals surface area contributed by atoms with E-state index in [1.807, 2.05) is 0 Å². The molecule has 19 heavy (non-hydrogen) atoms. The van der Waals surface area contributed by atoms with Crippen LogP contribution in [0, 0.1) is 0 Å². The zero-order valence-electron chi connectivity index (χ0n) is 9.59. The Kier molecular flexibility index (Phi) is 2.51. The molecule has 6 heteroatoms. The van der Waals surface area contributed by atoms with Crippen molar-refractivity contribution in [3.05, 3.63) is 54.5 Å². The van der Waals surface area contributed by atoms with Crippen molar-refractivity contribution < 1.29 is 13.2 Å². The molecule has 0 aliphatic heterocycles. The van der Waals surface area contributed by atoms with Gasteiger partial charge in [0.15, 0.2) is 5.65 Å². The van der Waals surface area contributed by atoms with E-state index in [1.54, 1.807) is 18.3 Å². The minimum Gasteiger partial charge on any atom is -0.236 e. The Hall–Kier alpha value is -2.37. The average Bonchev–Trinajstić information content (AvgIpc) is 2.81. The van der Waals surface area contributed by atoms with E-state index in [9.17, 15) is 13.2 Å². The van der Waals surface area contributed by atoms with Crippen molar-refractivity contribution in [2.75, 3.05) is 0 Å². The second-order valence-electron chi connectivity index (χ2n) is 3.99. The first-order valence-electron chi connectivity index (χ1n) is 5.52. The normalized spacial score (nSPS) is 11.9. The molecule has 3 aromatic rings. The molecule has 0 aliphatic rings. The van der Waals surface area contributed by atoms with Gasteiger partial charge in [-0.2, -0.15) is 18.3 Å². The molecular formula is C13H8F3N3. The van der Waals surface area contributed by atoms with Gasteiger partial charge in [-0.3, -0.25) is 0 Å². The van der Waals surface area contributed by atoms with Crippen molar-refractivity contribution in [1.29, 1.82) is 0 Å². The molecule has 0 saturated carbocycles. The first-order valence-corrected chi connectivity index (χ1v) is 5.52. The monoisotopic (exact) mass is 263 g/mol. The Balaban J connectivity index is 2.28. The molecular weight excluding hydrogens is 255 g/mol. The lowest BCUT2D eigenvalue weighted by atomic mass is 10.0. The largest absolute Gasteiger partial charge is 0.417 e. The summed E-state index contributed by atoms with van der Waals surface area (Å²) in [6.07, 6.45) is 0.158. The number of hydrogen-bond donors (Lipinski definition) is 0. The fraction of sp³-hybridized carbons (Fsp3) is 0.0769. The topological polar surface area (TPSA) is 30.2 Å². The fourth-order valence-corrected chi connectivity index (χ4v) is 1.98. The van der Waals surface area contributed by atoms with Gasteiger partial charge in [0.2, 0.25) is 0 Å². The van der Waals surface area contributed by atoms with Gasteiger partial charge in [0, 0.05) is 18.0 Å². The van der Waals surface area contributed by atoms with E-state index < -0.39 is 11.7 Å². The summed E-state index contributed by atoms with van der Waals surface area (Å²) in [5.74, 6) is 0. The maximum atomic E-state index is 13.0. The highest BCUT2D eigenvalue weighted by molar-refractivity contribution is 5.79. The molecule has 2 heterocycles. The molecule has 0 spiro atoms. The van der Waals surface area contributed by atoms with Gasteiger partial charge < -0.3 is 0 Å². The van der Waals surface area contributed by atoms with Crippen LogP contribution in [0.3, 0.4) is 0 Å². The lowest BCUT2D eigenvalue weighted by molar-refractivity contribution is -0.137. The van der Waals surface area contributed by atoms with Gasteiger partial charge in [0.05, 0.1) is 11.8 Å². The molecule has 0 amide bonds. The molecule has 0 aliphatic carbocycles. The Morgan fingerprint density at radius 1 is 1.00 bits per heavy atom. The van der Waals surface area contributed by atoms with Crippen LogP contribution in [0.25, 0.3) is 16.8 Å². The van der Waals surface area contributed by atoms with Crippen LogP contribution in [0.5, 0.6) is 0 Å². The number of fused-ring (bicyclic) bond motifs is 1. The molecule has 0 atom stereocenters. The standard InChI is InChI=1S/C13H8F3N3/c14-13(15,16)11-5-2-1-4-9(11)10-8-18-19-7-3-6-17-12(10)19/h1-8H. The van der Waals surface area contributed by atoms with Gasteiger partial charge in [0.25, 0.3) is 0 Å². The second-order valence-corrected chi connectivity index (χ2v) is 3.99. The van der Waals surface area contributed by atoms with E-state index in [0.717, 1.165) is 6.07 Å². The zero-order chi connectivity index (χ0) is 13.5. The summed E-state index contributed by atoms with van der Waals surface area (Å²) in [7, 11) is 0. The molecule has 0 saturated heterocycles. The Morgan fingerprint density at radius 3 is 2.58 bits per heavy atom. The highest BCUT2D eigenvalue weighted by Gasteiger charge is 2.34. The number of rotatable bonds is 1. The van der Waals surface area contributed by atoms with E-state index in [4.69, 9.17) is 0 Å². The number of nitrogens with zero attached hydrogens (tertiary/aromatic N) is 3. The Morgan fingerprint density at radius 2 is 1.79 bits per heavy atom. The first kappa shape index (κ1) is 11.7. The summed E-state index contributed by atoms with van der Waals surface area (Å²) in [5, 5.41) is 4.01. The fourth-order valence-electron chi connectivity index (χ4n) is 1.98. The van der Waals surface area contributed by atoms with Gasteiger partial charge in [0.1, 0.15) is 0 Å². The van der Waals surface area contributed by atoms with E-state index in [1.165, 1.54) is 29.0 Å². The quantitative estimate of drug-likeness (QED) is 0.673. The van der Waals surface area contributed by atoms with Crippen molar-refractivity contribution in [1.82, 2.24) is 14.6 Å². The first-order chi connectivity index (χ1) is 9.07. The third-order valence-corrected chi connectivity index (χ3v) is 2.80. The molecule has 0 bridgehead atoms. The zero-order valence-corrected chi connectivity index (χ0v) is 9.59. The van der Waals surface area contributed by atoms with Crippen LogP contribution >= 0.6 is 0 Å². The number of halogens is 3. The highest BCUT2D eigenvalue weighted by atomic mass is 19.4. The molecule has 1 aromatic carbocycles. The number of benzene rings is 1. The Bertz CT molecular complexity index is 731. The number of aromatic nitrogens is 3. The van der Waals surface area contributed by atoms with Gasteiger partial charge >= 0.3 is 6.18 Å². The lowest BCUT2D eigenvalue weighted by Gasteiger charge is -2.11. The average molecular weight is 263 g/mol. The van der Waals surface area contributed by atoms with Crippen molar-refractivity contribution in [3.63, 3.8) is 0 Å². The maximum absolute atomic E-state index is 13.0. The van der Waals surface area contributed by atoms with Crippen molar-refractivity contribution in [3.8, 4) is 11.1 Å². The van der Waals surface area contributed by atoms with Gasteiger partial charge in [-0.25, -0.2) is 9.50 Å². The van der Waals surface area contributed by atoms with Crippen LogP contribution in [0.15, 0.2) is 48.9 Å². The van der Waals surface area contributed by atoms with E-state index in [-0.39, 0.29) is 5.56 Å². The number of hydrogen-bond acceptors (Lipinski definition) is 2. The second kappa shape index (κ2) is 4.08. The third-order valence-electron chi connectivity index (χ3n) is 2.80. The summed E-state index contributed by atoms with van der Waals surface area (Å²) in [5.41, 5.74) is 0.173. The summed E-state index contributed by atoms with van der Waals surface area (Å²) in [6, 6.07) is 7.08. The van der Waals surface area contributed by atoms with E-state index in [0.29, 0.717) is 11.2 Å². The van der Waals surface area contributed by atoms with Gasteiger partial charge in [-0.1, -0.05) is 18.2 Å². The van der Waals surface area contributed by atoms with Crippen LogP contribution in [-0.2, 0) is 6.18 Å². The van der Waals surface area contributed by atoms with E-state index in [2.05, 4.69) is 10.1 Å². The molecule has 96 valence electrons. The minimum atomic E-state index is -4.40. The van der Waals surface area contributed by atoms with Crippen LogP contribution in [0.4, 0.5) is 13.2 Å².